The first-order valence-corrected chi connectivity index (χ1v) is 28.1. The van der Waals surface area contributed by atoms with Crippen LogP contribution >= 0.6 is 0 Å². The Hall–Kier alpha value is -7.45. The highest BCUT2D eigenvalue weighted by molar-refractivity contribution is 7.84. The topological polar surface area (TPSA) is 233 Å². The second-order valence-corrected chi connectivity index (χ2v) is 24.3. The first-order valence-electron chi connectivity index (χ1n) is 26.9. The SMILES string of the molecule is COc1cc(C(=O)CCC(O)(c2cc3c(c(-c4ccc(F)cc4)n2)OCC3(CO)NS(=O)C(C)(C)C)C(F)(F)F)cc2c1CC=C2.COc1cc(C(=O)CCC(O)(c2cc3c(c(-c4ccc(F)cc4)n2)OCC3(N)CO)C(F)(F)F)cc2c1CC=C2. The number of allylic oxidation sites excluding steroid dienone is 2. The highest BCUT2D eigenvalue weighted by Crippen LogP contribution is 2.51. The second kappa shape index (κ2) is 23.7. The van der Waals surface area contributed by atoms with Crippen LogP contribution in [-0.2, 0) is 46.1 Å². The van der Waals surface area contributed by atoms with Gasteiger partial charge in [0.05, 0.1) is 54.6 Å². The van der Waals surface area contributed by atoms with Crippen LogP contribution in [0.5, 0.6) is 23.0 Å². The van der Waals surface area contributed by atoms with Crippen LogP contribution in [0.4, 0.5) is 35.1 Å². The second-order valence-electron chi connectivity index (χ2n) is 22.4. The molecule has 5 unspecified atom stereocenters. The van der Waals surface area contributed by atoms with Crippen LogP contribution in [0.3, 0.4) is 0 Å². The molecule has 0 fully saturated rings. The standard InChI is InChI=1S/C33H34F4N2O6S.C29H26F4N2O5/c1-30(2,3)46(43)39-31(17-40)18-45-29-24(31)16-27(38-28(29)19-8-10-22(34)11-9-19)32(42,33(35,36)37)13-12-25(41)21-14-20-6-5-7-23(20)26(15-21)44-4;1-39-23-12-18(11-17-3-2-4-20(17)23)22(37)9-10-28(38,29(31,32)33)24-13-21-26(40-15-27(21,34)14-36)25(35-24)16-5-7-19(30)8-6-16/h5-6,8-11,14-16,39-40,42H,7,12-13,17-18H2,1-4H3;2-3,5-8,11-13,36,38H,4,9-10,14-15,34H2,1H3. The van der Waals surface area contributed by atoms with Crippen molar-refractivity contribution < 1.29 is 88.3 Å². The number of carbonyl (C=O) groups excluding carboxylic acids is 2. The van der Waals surface area contributed by atoms with Crippen LogP contribution in [0.15, 0.2) is 97.1 Å². The number of ketones is 2. The summed E-state index contributed by atoms with van der Waals surface area (Å²) in [5.41, 5.74) is -2.32. The molecule has 2 aliphatic heterocycles. The average molecular weight is 1220 g/mol. The molecular weight excluding hydrogens is 1160 g/mol. The van der Waals surface area contributed by atoms with E-state index in [1.807, 2.05) is 12.2 Å². The molecule has 4 aromatic carbocycles. The van der Waals surface area contributed by atoms with Gasteiger partial charge >= 0.3 is 12.4 Å². The fraction of sp³-hybridized carbons (Fsp3) is 0.355. The van der Waals surface area contributed by atoms with E-state index in [0.29, 0.717) is 24.3 Å². The number of Topliss-reactive ketones (excluding diaryl/α,β-unsaturated/α-hetero) is 2. The zero-order valence-corrected chi connectivity index (χ0v) is 47.8. The molecule has 7 N–H and O–H groups in total. The minimum absolute atomic E-state index is 0.00322. The first kappa shape index (κ1) is 63.1. The van der Waals surface area contributed by atoms with E-state index in [9.17, 15) is 69.3 Å². The number of alkyl halides is 6. The van der Waals surface area contributed by atoms with Gasteiger partial charge in [0.15, 0.2) is 23.1 Å². The number of fused-ring (bicyclic) bond motifs is 4. The lowest BCUT2D eigenvalue weighted by atomic mass is 9.85. The highest BCUT2D eigenvalue weighted by Gasteiger charge is 2.59. The van der Waals surface area contributed by atoms with Crippen LogP contribution < -0.4 is 29.4 Å². The minimum Gasteiger partial charge on any atom is -0.496 e. The van der Waals surface area contributed by atoms with Gasteiger partial charge < -0.3 is 45.1 Å². The van der Waals surface area contributed by atoms with Crippen LogP contribution in [0.25, 0.3) is 34.7 Å². The van der Waals surface area contributed by atoms with Crippen LogP contribution in [0, 0.1) is 11.6 Å². The molecule has 6 aromatic rings. The Morgan fingerprint density at radius 2 is 1.07 bits per heavy atom. The molecule has 5 atom stereocenters. The van der Waals surface area contributed by atoms with E-state index in [1.165, 1.54) is 50.6 Å². The largest absolute Gasteiger partial charge is 0.496 e. The summed E-state index contributed by atoms with van der Waals surface area (Å²) < 4.78 is 153. The van der Waals surface area contributed by atoms with Gasteiger partial charge in [-0.1, -0.05) is 24.3 Å². The van der Waals surface area contributed by atoms with Gasteiger partial charge in [0.2, 0.25) is 11.2 Å². The Balaban J connectivity index is 0.000000207. The third-order valence-electron chi connectivity index (χ3n) is 15.6. The lowest BCUT2D eigenvalue weighted by molar-refractivity contribution is -0.270. The molecule has 456 valence electrons. The number of benzene rings is 4. The fourth-order valence-corrected chi connectivity index (χ4v) is 11.3. The Kier molecular flexibility index (Phi) is 17.4. The number of nitrogens with one attached hydrogen (secondary N) is 1. The molecule has 15 nitrogen and oxygen atoms in total. The van der Waals surface area contributed by atoms with Crippen LogP contribution in [-0.4, -0.2) is 104 Å². The van der Waals surface area contributed by atoms with Crippen molar-refractivity contribution in [1.82, 2.24) is 14.7 Å². The van der Waals surface area contributed by atoms with Crippen molar-refractivity contribution in [2.45, 2.75) is 98.7 Å². The predicted molar refractivity (Wildman–Crippen MR) is 301 cm³/mol. The van der Waals surface area contributed by atoms with Crippen molar-refractivity contribution in [2.75, 3.05) is 40.6 Å². The molecule has 0 radical (unpaired) electrons. The summed E-state index contributed by atoms with van der Waals surface area (Å²) in [6.07, 6.45) is -5.50. The van der Waals surface area contributed by atoms with Gasteiger partial charge in [-0.05, 0) is 143 Å². The lowest BCUT2D eigenvalue weighted by Gasteiger charge is -2.33. The number of hydrogen-bond donors (Lipinski definition) is 6. The van der Waals surface area contributed by atoms with Crippen molar-refractivity contribution in [2.24, 2.45) is 5.73 Å². The Morgan fingerprint density at radius 3 is 1.47 bits per heavy atom. The molecule has 4 aliphatic rings. The molecule has 0 spiro atoms. The lowest BCUT2D eigenvalue weighted by Crippen LogP contribution is -2.51. The number of rotatable bonds is 18. The maximum Gasteiger partial charge on any atom is 0.422 e. The number of hydrogen-bond acceptors (Lipinski definition) is 14. The van der Waals surface area contributed by atoms with E-state index in [1.54, 1.807) is 45.1 Å². The quantitative estimate of drug-likeness (QED) is 0.0347. The van der Waals surface area contributed by atoms with E-state index in [-0.39, 0.29) is 69.5 Å². The molecule has 4 heterocycles. The number of nitrogens with two attached hydrogens (primary N) is 1. The van der Waals surface area contributed by atoms with Crippen LogP contribution in [0.2, 0.25) is 0 Å². The number of aliphatic hydroxyl groups is 4. The zero-order chi connectivity index (χ0) is 62.5. The number of methoxy groups -OCH3 is 2. The summed E-state index contributed by atoms with van der Waals surface area (Å²) in [7, 11) is 1.07. The predicted octanol–water partition coefficient (Wildman–Crippen LogP) is 9.93. The third kappa shape index (κ3) is 11.9. The number of aliphatic hydroxyl groups excluding tert-OH is 2. The van der Waals surface area contributed by atoms with Gasteiger partial charge in [0, 0.05) is 57.3 Å². The molecule has 86 heavy (non-hydrogen) atoms. The van der Waals surface area contributed by atoms with Crippen LogP contribution in [0.1, 0.15) is 112 Å². The molecule has 2 aromatic heterocycles. The maximum absolute atomic E-state index is 14.9. The summed E-state index contributed by atoms with van der Waals surface area (Å²) in [5.74, 6) is -1.59. The fourth-order valence-electron chi connectivity index (χ4n) is 10.4. The Morgan fingerprint density at radius 1 is 0.651 bits per heavy atom. The van der Waals surface area contributed by atoms with Crippen molar-refractivity contribution in [1.29, 1.82) is 0 Å². The number of carbonyl (C=O) groups is 2. The minimum atomic E-state index is -5.31. The van der Waals surface area contributed by atoms with Gasteiger partial charge in [-0.2, -0.15) is 26.3 Å². The van der Waals surface area contributed by atoms with Gasteiger partial charge in [-0.3, -0.25) is 9.59 Å². The molecule has 24 heteroatoms. The third-order valence-corrected chi connectivity index (χ3v) is 17.3. The van der Waals surface area contributed by atoms with Crippen molar-refractivity contribution in [3.63, 3.8) is 0 Å². The van der Waals surface area contributed by atoms with E-state index in [4.69, 9.17) is 24.7 Å². The molecular formula is C62H60F8N4O11S. The number of ether oxygens (including phenoxy) is 4. The summed E-state index contributed by atoms with van der Waals surface area (Å²) in [6, 6.07) is 17.6. The molecule has 0 saturated carbocycles. The smallest absolute Gasteiger partial charge is 0.422 e. The van der Waals surface area contributed by atoms with E-state index < -0.39 is 124 Å². The maximum atomic E-state index is 14.9. The van der Waals surface area contributed by atoms with Gasteiger partial charge in [0.25, 0.3) is 0 Å². The van der Waals surface area contributed by atoms with E-state index >= 15 is 0 Å². The Bertz CT molecular complexity index is 3710. The van der Waals surface area contributed by atoms with E-state index in [0.717, 1.165) is 58.7 Å². The van der Waals surface area contributed by atoms with Gasteiger partial charge in [0.1, 0.15) is 58.8 Å². The van der Waals surface area contributed by atoms with Crippen molar-refractivity contribution in [3.05, 3.63) is 165 Å². The first-order chi connectivity index (χ1) is 40.4. The van der Waals surface area contributed by atoms with Crippen molar-refractivity contribution in [3.8, 4) is 45.5 Å². The molecule has 0 saturated heterocycles. The number of aromatic nitrogens is 2. The number of pyridine rings is 2. The number of nitrogens with zero attached hydrogens (tertiary/aromatic N) is 2. The molecule has 10 rings (SSSR count). The molecule has 2 aliphatic carbocycles. The average Bonchev–Trinajstić information content (AvgIpc) is 1.54. The summed E-state index contributed by atoms with van der Waals surface area (Å²) >= 11 is 0. The van der Waals surface area contributed by atoms with Gasteiger partial charge in [-0.25, -0.2) is 27.7 Å². The van der Waals surface area contributed by atoms with Gasteiger partial charge in [-0.15, -0.1) is 0 Å². The summed E-state index contributed by atoms with van der Waals surface area (Å²) in [4.78, 5) is 34.7. The molecule has 0 bridgehead atoms. The van der Waals surface area contributed by atoms with E-state index in [2.05, 4.69) is 14.7 Å². The monoisotopic (exact) mass is 1220 g/mol. The normalized spacial score (nSPS) is 19.2. The zero-order valence-electron chi connectivity index (χ0n) is 47.0. The summed E-state index contributed by atoms with van der Waals surface area (Å²) in [5, 5.41) is 43.1. The summed E-state index contributed by atoms with van der Waals surface area (Å²) in [6.45, 7) is 3.05. The molecule has 0 amide bonds. The highest BCUT2D eigenvalue weighted by atomic mass is 32.2. The Labute approximate surface area is 491 Å². The number of halogens is 8. The van der Waals surface area contributed by atoms with Crippen molar-refractivity contribution >= 4 is 34.7 Å².